The summed E-state index contributed by atoms with van der Waals surface area (Å²) in [5, 5.41) is 5.10. The van der Waals surface area contributed by atoms with Crippen LogP contribution in [0.4, 0.5) is 0 Å². The molecule has 0 saturated carbocycles. The Balaban J connectivity index is 1.61. The number of amides is 1. The van der Waals surface area contributed by atoms with Gasteiger partial charge in [-0.3, -0.25) is 9.69 Å². The molecule has 29 heavy (non-hydrogen) atoms. The number of nitrogens with one attached hydrogen (secondary N) is 1. The van der Waals surface area contributed by atoms with Gasteiger partial charge in [-0.25, -0.2) is 4.98 Å². The van der Waals surface area contributed by atoms with Crippen LogP contribution in [-0.2, 0) is 17.6 Å². The van der Waals surface area contributed by atoms with Crippen molar-refractivity contribution in [1.82, 2.24) is 15.2 Å². The Bertz CT molecular complexity index is 886. The summed E-state index contributed by atoms with van der Waals surface area (Å²) in [4.78, 5) is 20.5. The van der Waals surface area contributed by atoms with Crippen molar-refractivity contribution in [3.05, 3.63) is 64.9 Å². The number of carbonyl (C=O) groups is 1. The molecule has 2 heterocycles. The Labute approximate surface area is 176 Å². The van der Waals surface area contributed by atoms with Gasteiger partial charge in [0.25, 0.3) is 0 Å². The average Bonchev–Trinajstić information content (AvgIpc) is 3.38. The molecule has 0 fully saturated rings. The number of nitrogens with zero attached hydrogens (tertiary/aromatic N) is 2. The summed E-state index contributed by atoms with van der Waals surface area (Å²) in [7, 11) is 0. The average molecular weight is 412 g/mol. The summed E-state index contributed by atoms with van der Waals surface area (Å²) >= 11 is 1.58. The van der Waals surface area contributed by atoms with Gasteiger partial charge in [0.15, 0.2) is 0 Å². The molecule has 3 rings (SSSR count). The van der Waals surface area contributed by atoms with Crippen molar-refractivity contribution >= 4 is 17.2 Å². The molecule has 0 radical (unpaired) electrons. The van der Waals surface area contributed by atoms with E-state index in [2.05, 4.69) is 53.3 Å². The van der Waals surface area contributed by atoms with Gasteiger partial charge in [0, 0.05) is 12.6 Å². The van der Waals surface area contributed by atoms with Crippen molar-refractivity contribution in [2.45, 2.75) is 39.7 Å². The quantitative estimate of drug-likeness (QED) is 0.540. The minimum Gasteiger partial charge on any atom is -0.440 e. The third kappa shape index (κ3) is 5.78. The van der Waals surface area contributed by atoms with E-state index in [1.54, 1.807) is 11.3 Å². The highest BCUT2D eigenvalue weighted by Crippen LogP contribution is 2.26. The molecule has 5 nitrogen and oxygen atoms in total. The Kier molecular flexibility index (Phi) is 7.61. The van der Waals surface area contributed by atoms with Crippen molar-refractivity contribution in [3.8, 4) is 10.8 Å². The molecule has 1 aromatic carbocycles. The SMILES string of the molecule is CCN(CC)C(CNC(=O)Cc1nc(-c2cccs2)oc1C)Cc1ccccc1. The third-order valence-electron chi connectivity index (χ3n) is 5.13. The van der Waals surface area contributed by atoms with Crippen molar-refractivity contribution in [3.63, 3.8) is 0 Å². The molecule has 0 aliphatic carbocycles. The lowest BCUT2D eigenvalue weighted by Crippen LogP contribution is -2.45. The van der Waals surface area contributed by atoms with Crippen molar-refractivity contribution < 1.29 is 9.21 Å². The molecule has 0 aliphatic heterocycles. The molecule has 154 valence electrons. The molecule has 0 bridgehead atoms. The van der Waals surface area contributed by atoms with Gasteiger partial charge in [0.1, 0.15) is 5.76 Å². The third-order valence-corrected chi connectivity index (χ3v) is 5.99. The Hall–Kier alpha value is -2.44. The second kappa shape index (κ2) is 10.4. The van der Waals surface area contributed by atoms with Crippen molar-refractivity contribution in [2.75, 3.05) is 19.6 Å². The minimum absolute atomic E-state index is 0.0238. The van der Waals surface area contributed by atoms with E-state index in [0.717, 1.165) is 24.4 Å². The molecule has 1 unspecified atom stereocenters. The number of carbonyl (C=O) groups excluding carboxylic acids is 1. The maximum Gasteiger partial charge on any atom is 0.236 e. The number of benzene rings is 1. The zero-order valence-electron chi connectivity index (χ0n) is 17.4. The molecule has 0 saturated heterocycles. The number of hydrogen-bond donors (Lipinski definition) is 1. The maximum absolute atomic E-state index is 12.6. The van der Waals surface area contributed by atoms with Crippen LogP contribution in [0.25, 0.3) is 10.8 Å². The highest BCUT2D eigenvalue weighted by atomic mass is 32.1. The lowest BCUT2D eigenvalue weighted by Gasteiger charge is -2.30. The molecule has 1 amide bonds. The van der Waals surface area contributed by atoms with E-state index < -0.39 is 0 Å². The predicted molar refractivity (Wildman–Crippen MR) is 118 cm³/mol. The van der Waals surface area contributed by atoms with Gasteiger partial charge < -0.3 is 9.73 Å². The molecule has 1 N–H and O–H groups in total. The van der Waals surface area contributed by atoms with Gasteiger partial charge in [-0.15, -0.1) is 11.3 Å². The topological polar surface area (TPSA) is 58.4 Å². The van der Waals surface area contributed by atoms with Crippen LogP contribution in [0.2, 0.25) is 0 Å². The van der Waals surface area contributed by atoms with E-state index in [1.165, 1.54) is 5.56 Å². The van der Waals surface area contributed by atoms with Gasteiger partial charge >= 0.3 is 0 Å². The number of thiophene rings is 1. The van der Waals surface area contributed by atoms with E-state index in [-0.39, 0.29) is 18.4 Å². The van der Waals surface area contributed by atoms with Crippen molar-refractivity contribution in [2.24, 2.45) is 0 Å². The molecule has 1 atom stereocenters. The Morgan fingerprint density at radius 3 is 2.59 bits per heavy atom. The number of rotatable bonds is 10. The van der Waals surface area contributed by atoms with E-state index in [0.29, 0.717) is 23.9 Å². The highest BCUT2D eigenvalue weighted by molar-refractivity contribution is 7.13. The highest BCUT2D eigenvalue weighted by Gasteiger charge is 2.19. The standard InChI is InChI=1S/C23H29N3O2S/c1-4-26(5-2)19(14-18-10-7-6-8-11-18)16-24-22(27)15-20-17(3)28-23(25-20)21-12-9-13-29-21/h6-13,19H,4-5,14-16H2,1-3H3,(H,24,27). The molecule has 2 aromatic heterocycles. The first-order valence-electron chi connectivity index (χ1n) is 10.2. The van der Waals surface area contributed by atoms with Crippen LogP contribution >= 0.6 is 11.3 Å². The molecular weight excluding hydrogens is 382 g/mol. The van der Waals surface area contributed by atoms with E-state index in [9.17, 15) is 4.79 Å². The number of aromatic nitrogens is 1. The predicted octanol–water partition coefficient (Wildman–Crippen LogP) is 4.32. The number of hydrogen-bond acceptors (Lipinski definition) is 5. The molecule has 3 aromatic rings. The monoisotopic (exact) mass is 411 g/mol. The Morgan fingerprint density at radius 2 is 1.93 bits per heavy atom. The summed E-state index contributed by atoms with van der Waals surface area (Å²) in [5.74, 6) is 1.27. The van der Waals surface area contributed by atoms with Crippen LogP contribution in [0.5, 0.6) is 0 Å². The van der Waals surface area contributed by atoms with Gasteiger partial charge in [-0.2, -0.15) is 0 Å². The van der Waals surface area contributed by atoms with Crippen molar-refractivity contribution in [1.29, 1.82) is 0 Å². The van der Waals surface area contributed by atoms with Gasteiger partial charge in [-0.05, 0) is 43.4 Å². The second-order valence-corrected chi connectivity index (χ2v) is 7.99. The van der Waals surface area contributed by atoms with Crippen LogP contribution in [0.15, 0.2) is 52.3 Å². The number of likely N-dealkylation sites (N-methyl/N-ethyl adjacent to an activating group) is 1. The second-order valence-electron chi connectivity index (χ2n) is 7.04. The molecule has 0 aliphatic rings. The van der Waals surface area contributed by atoms with Crippen LogP contribution in [0.1, 0.15) is 30.9 Å². The van der Waals surface area contributed by atoms with Gasteiger partial charge in [-0.1, -0.05) is 50.2 Å². The van der Waals surface area contributed by atoms with E-state index in [4.69, 9.17) is 4.42 Å². The number of oxazole rings is 1. The van der Waals surface area contributed by atoms with Gasteiger partial charge in [0.05, 0.1) is 17.0 Å². The first-order valence-corrected chi connectivity index (χ1v) is 11.0. The normalized spacial score (nSPS) is 12.3. The summed E-state index contributed by atoms with van der Waals surface area (Å²) in [6, 6.07) is 14.6. The zero-order chi connectivity index (χ0) is 20.6. The fraction of sp³-hybridized carbons (Fsp3) is 0.391. The lowest BCUT2D eigenvalue weighted by atomic mass is 10.0. The Morgan fingerprint density at radius 1 is 1.17 bits per heavy atom. The van der Waals surface area contributed by atoms with Crippen LogP contribution in [0.3, 0.4) is 0 Å². The van der Waals surface area contributed by atoms with Crippen LogP contribution < -0.4 is 5.32 Å². The first-order chi connectivity index (χ1) is 14.1. The van der Waals surface area contributed by atoms with Gasteiger partial charge in [0.2, 0.25) is 11.8 Å². The smallest absolute Gasteiger partial charge is 0.236 e. The van der Waals surface area contributed by atoms with E-state index >= 15 is 0 Å². The largest absolute Gasteiger partial charge is 0.440 e. The summed E-state index contributed by atoms with van der Waals surface area (Å²) < 4.78 is 5.75. The first kappa shape index (κ1) is 21.3. The molecular formula is C23H29N3O2S. The summed E-state index contributed by atoms with van der Waals surface area (Å²) in [6.45, 7) is 8.71. The maximum atomic E-state index is 12.6. The lowest BCUT2D eigenvalue weighted by molar-refractivity contribution is -0.120. The zero-order valence-corrected chi connectivity index (χ0v) is 18.2. The number of aryl methyl sites for hydroxylation is 1. The van der Waals surface area contributed by atoms with Crippen LogP contribution in [-0.4, -0.2) is 41.5 Å². The fourth-order valence-corrected chi connectivity index (χ4v) is 4.15. The summed E-state index contributed by atoms with van der Waals surface area (Å²) in [5.41, 5.74) is 1.99. The fourth-order valence-electron chi connectivity index (χ4n) is 3.50. The minimum atomic E-state index is -0.0238. The van der Waals surface area contributed by atoms with Crippen LogP contribution in [0, 0.1) is 6.92 Å². The summed E-state index contributed by atoms with van der Waals surface area (Å²) in [6.07, 6.45) is 1.14. The van der Waals surface area contributed by atoms with E-state index in [1.807, 2.05) is 30.5 Å². The molecule has 6 heteroatoms. The molecule has 0 spiro atoms.